The van der Waals surface area contributed by atoms with Gasteiger partial charge in [0.2, 0.25) is 0 Å². The fraction of sp³-hybridized carbons (Fsp3) is 0.400. The van der Waals surface area contributed by atoms with E-state index in [0.29, 0.717) is 0 Å². The summed E-state index contributed by atoms with van der Waals surface area (Å²) >= 11 is 0. The number of alkyl halides is 3. The van der Waals surface area contributed by atoms with Gasteiger partial charge in [0.05, 0.1) is 18.2 Å². The molecule has 0 unspecified atom stereocenters. The normalized spacial score (nSPS) is 5.92. The van der Waals surface area contributed by atoms with E-state index in [1.165, 1.54) is 20.8 Å². The van der Waals surface area contributed by atoms with Gasteiger partial charge in [0.15, 0.2) is 10.1 Å². The van der Waals surface area contributed by atoms with Crippen molar-refractivity contribution in [1.82, 2.24) is 0 Å². The van der Waals surface area contributed by atoms with Crippen molar-refractivity contribution >= 4 is 10.1 Å². The molecule has 0 aromatic heterocycles. The average Bonchev–Trinajstić information content (AvgIpc) is 2.46. The number of nitriles is 3. The van der Waals surface area contributed by atoms with E-state index in [-0.39, 0.29) is 20.4 Å². The molecule has 0 aliphatic heterocycles. The number of rotatable bonds is 0. The molecule has 0 spiro atoms. The first-order valence-corrected chi connectivity index (χ1v) is 5.46. The molecule has 0 fully saturated rings. The molecule has 0 heterocycles. The molecule has 0 N–H and O–H groups in total. The zero-order chi connectivity index (χ0) is 21.1. The Morgan fingerprint density at radius 1 is 0.833 bits per heavy atom. The van der Waals surface area contributed by atoms with Crippen molar-refractivity contribution in [3.8, 4) is 18.2 Å². The van der Waals surface area contributed by atoms with E-state index in [2.05, 4.69) is 20.0 Å². The van der Waals surface area contributed by atoms with Gasteiger partial charge in [0.25, 0.3) is 0 Å². The molecule has 0 saturated heterocycles. The van der Waals surface area contributed by atoms with Gasteiger partial charge in [-0.3, -0.25) is 0 Å². The summed E-state index contributed by atoms with van der Waals surface area (Å²) in [6.45, 7) is 17.8. The third-order valence-electron chi connectivity index (χ3n) is 0.283. The van der Waals surface area contributed by atoms with E-state index in [1.54, 1.807) is 18.2 Å². The van der Waals surface area contributed by atoms with Gasteiger partial charge in [-0.1, -0.05) is 0 Å². The van der Waals surface area contributed by atoms with Gasteiger partial charge >= 0.3 is 39.4 Å². The first-order valence-electron chi connectivity index (χ1n) is 4.05. The second-order valence-electron chi connectivity index (χ2n) is 1.57. The fourth-order valence-corrected chi connectivity index (χ4v) is 0. The fourth-order valence-electron chi connectivity index (χ4n) is 0. The summed E-state index contributed by atoms with van der Waals surface area (Å²) in [6.07, 6.45) is 0. The number of hydrogen-bond acceptors (Lipinski definition) is 6. The quantitative estimate of drug-likeness (QED) is 0.193. The summed E-state index contributed by atoms with van der Waals surface area (Å²) in [5.41, 5.74) is -5.65. The standard InChI is InChI=1S/3C2H3N.CHF3O3S.3CO.Re/c3*1-2-3;2-1(3,4)8(5,6)7;3*1-2;/h3*1H3;(H,5,6,7);;;;/p-1. The maximum Gasteiger partial charge on any atom is 0 e. The van der Waals surface area contributed by atoms with Crippen molar-refractivity contribution in [3.05, 3.63) is 20.0 Å². The molecule has 0 aromatic rings. The van der Waals surface area contributed by atoms with Crippen LogP contribution in [-0.2, 0) is 44.5 Å². The zero-order valence-corrected chi connectivity index (χ0v) is 15.7. The molecular formula is C10H9F3N3O6ReS-. The molecule has 0 aliphatic carbocycles. The van der Waals surface area contributed by atoms with Crippen molar-refractivity contribution in [2.75, 3.05) is 0 Å². The van der Waals surface area contributed by atoms with Crippen LogP contribution in [0.1, 0.15) is 20.8 Å². The van der Waals surface area contributed by atoms with Crippen molar-refractivity contribution in [3.63, 3.8) is 0 Å². The SMILES string of the molecule is CC#N.CC#N.CC#N.O=S(=O)([O-])C(F)(F)F.[C-]#[O+].[C-]#[O+].[C-]#[O+].[Re]. The van der Waals surface area contributed by atoms with Crippen LogP contribution in [0, 0.1) is 53.9 Å². The largest absolute Gasteiger partial charge is 0 e. The first-order chi connectivity index (χ1) is 10.5. The Hall–Kier alpha value is -1.95. The Bertz CT molecular complexity index is 467. The van der Waals surface area contributed by atoms with Crippen LogP contribution in [0.5, 0.6) is 0 Å². The van der Waals surface area contributed by atoms with E-state index in [0.717, 1.165) is 0 Å². The Balaban J connectivity index is -0.0000000229. The van der Waals surface area contributed by atoms with Crippen molar-refractivity contribution < 1.29 is 60.5 Å². The molecule has 135 valence electrons. The monoisotopic (exact) mass is 543 g/mol. The second-order valence-corrected chi connectivity index (χ2v) is 2.94. The topological polar surface area (TPSA) is 188 Å². The van der Waals surface area contributed by atoms with Crippen LogP contribution in [0.3, 0.4) is 0 Å². The molecule has 9 nitrogen and oxygen atoms in total. The van der Waals surface area contributed by atoms with Gasteiger partial charge in [-0.2, -0.15) is 29.0 Å². The minimum Gasteiger partial charge on any atom is 0 e. The predicted molar refractivity (Wildman–Crippen MR) is 61.4 cm³/mol. The summed E-state index contributed by atoms with van der Waals surface area (Å²) in [4.78, 5) is 0. The van der Waals surface area contributed by atoms with E-state index >= 15 is 0 Å². The third-order valence-corrected chi connectivity index (χ3v) is 0.850. The van der Waals surface area contributed by atoms with Gasteiger partial charge in [-0.15, -0.1) is 0 Å². The first kappa shape index (κ1) is 49.5. The Morgan fingerprint density at radius 3 is 0.875 bits per heavy atom. The molecular weight excluding hydrogens is 533 g/mol. The summed E-state index contributed by atoms with van der Waals surface area (Å²) in [5.74, 6) is 0. The van der Waals surface area contributed by atoms with Gasteiger partial charge in [-0.05, 0) is 0 Å². The minimum absolute atomic E-state index is 0. The Kier molecular flexibility index (Phi) is 102. The minimum atomic E-state index is -6.09. The number of hydrogen-bond donors (Lipinski definition) is 0. The van der Waals surface area contributed by atoms with E-state index in [9.17, 15) is 13.2 Å². The van der Waals surface area contributed by atoms with Crippen molar-refractivity contribution in [2.45, 2.75) is 26.3 Å². The van der Waals surface area contributed by atoms with Crippen LogP contribution in [0.25, 0.3) is 0 Å². The van der Waals surface area contributed by atoms with Crippen LogP contribution in [-0.4, -0.2) is 18.5 Å². The number of nitrogens with zero attached hydrogens (tertiary/aromatic N) is 3. The van der Waals surface area contributed by atoms with Crippen LogP contribution in [0.15, 0.2) is 0 Å². The predicted octanol–water partition coefficient (Wildman–Crippen LogP) is 1.53. The Labute approximate surface area is 151 Å². The van der Waals surface area contributed by atoms with E-state index in [1.807, 2.05) is 0 Å². The maximum absolute atomic E-state index is 10.7. The molecule has 0 aromatic carbocycles. The summed E-state index contributed by atoms with van der Waals surface area (Å²) < 4.78 is 81.4. The van der Waals surface area contributed by atoms with Gasteiger partial charge in [-0.25, -0.2) is 8.42 Å². The van der Waals surface area contributed by atoms with Gasteiger partial charge < -0.3 is 4.55 Å². The maximum atomic E-state index is 10.7. The molecule has 0 atom stereocenters. The third kappa shape index (κ3) is 146. The molecule has 0 saturated carbocycles. The smallest absolute Gasteiger partial charge is 0 e. The van der Waals surface area contributed by atoms with E-state index < -0.39 is 15.6 Å². The summed E-state index contributed by atoms with van der Waals surface area (Å²) in [6, 6.07) is 5.25. The van der Waals surface area contributed by atoms with Crippen molar-refractivity contribution in [1.29, 1.82) is 15.8 Å². The van der Waals surface area contributed by atoms with E-state index in [4.69, 9.17) is 42.7 Å². The number of halogens is 3. The molecule has 0 aliphatic rings. The van der Waals surface area contributed by atoms with Gasteiger partial charge in [0, 0.05) is 41.2 Å². The summed E-state index contributed by atoms with van der Waals surface area (Å²) in [5, 5.41) is 22.0. The molecule has 14 heteroatoms. The van der Waals surface area contributed by atoms with Crippen LogP contribution in [0.2, 0.25) is 0 Å². The van der Waals surface area contributed by atoms with Crippen molar-refractivity contribution in [2.24, 2.45) is 0 Å². The molecule has 1 radical (unpaired) electrons. The Morgan fingerprint density at radius 2 is 0.875 bits per heavy atom. The molecule has 24 heavy (non-hydrogen) atoms. The van der Waals surface area contributed by atoms with Crippen LogP contribution >= 0.6 is 0 Å². The zero-order valence-electron chi connectivity index (χ0n) is 12.2. The van der Waals surface area contributed by atoms with Crippen LogP contribution in [0.4, 0.5) is 13.2 Å². The summed E-state index contributed by atoms with van der Waals surface area (Å²) in [7, 11) is -6.09. The molecule has 0 amide bonds. The molecule has 0 rings (SSSR count). The molecule has 0 bridgehead atoms. The average molecular weight is 542 g/mol. The second kappa shape index (κ2) is 49.7. The van der Waals surface area contributed by atoms with Crippen LogP contribution < -0.4 is 0 Å². The van der Waals surface area contributed by atoms with Gasteiger partial charge in [0.1, 0.15) is 0 Å².